The fourth-order valence-electron chi connectivity index (χ4n) is 1.46. The Morgan fingerprint density at radius 2 is 2.37 bits per heavy atom. The lowest BCUT2D eigenvalue weighted by molar-refractivity contribution is -0.145. The van der Waals surface area contributed by atoms with Crippen molar-refractivity contribution in [2.24, 2.45) is 0 Å². The molecule has 19 heavy (non-hydrogen) atoms. The number of hydrogen-bond donors (Lipinski definition) is 1. The number of ether oxygens (including phenoxy) is 1. The second-order valence-electron chi connectivity index (χ2n) is 3.57. The van der Waals surface area contributed by atoms with E-state index in [4.69, 9.17) is 4.74 Å². The van der Waals surface area contributed by atoms with Crippen LogP contribution in [0.5, 0.6) is 0 Å². The first-order valence-electron chi connectivity index (χ1n) is 5.51. The van der Waals surface area contributed by atoms with Gasteiger partial charge in [-0.1, -0.05) is 0 Å². The number of H-pyrrole nitrogens is 1. The average Bonchev–Trinajstić information content (AvgIpc) is 2.95. The van der Waals surface area contributed by atoms with E-state index in [1.54, 1.807) is 13.1 Å². The summed E-state index contributed by atoms with van der Waals surface area (Å²) in [5.41, 5.74) is 0.543. The number of hydrogen-bond acceptors (Lipinski definition) is 6. The van der Waals surface area contributed by atoms with E-state index < -0.39 is 17.1 Å². The van der Waals surface area contributed by atoms with Crippen molar-refractivity contribution in [1.29, 1.82) is 0 Å². The Kier molecular flexibility index (Phi) is 4.00. The van der Waals surface area contributed by atoms with Gasteiger partial charge in [-0.15, -0.1) is 0 Å². The van der Waals surface area contributed by atoms with Crippen LogP contribution in [-0.4, -0.2) is 45.1 Å². The number of imidazole rings is 1. The highest BCUT2D eigenvalue weighted by molar-refractivity contribution is 8.18. The molecule has 2 amide bonds. The van der Waals surface area contributed by atoms with Crippen LogP contribution in [-0.2, 0) is 14.3 Å². The Balaban J connectivity index is 2.10. The smallest absolute Gasteiger partial charge is 0.326 e. The lowest BCUT2D eigenvalue weighted by Gasteiger charge is -2.10. The van der Waals surface area contributed by atoms with Crippen molar-refractivity contribution in [2.75, 3.05) is 13.2 Å². The zero-order valence-electron chi connectivity index (χ0n) is 10.1. The summed E-state index contributed by atoms with van der Waals surface area (Å²) >= 11 is 0.777. The lowest BCUT2D eigenvalue weighted by Crippen LogP contribution is -2.34. The summed E-state index contributed by atoms with van der Waals surface area (Å²) in [7, 11) is 0. The molecule has 0 aliphatic carbocycles. The molecule has 2 rings (SSSR count). The Hall–Kier alpha value is -2.09. The van der Waals surface area contributed by atoms with Gasteiger partial charge in [0.05, 0.1) is 23.5 Å². The molecule has 0 spiro atoms. The largest absolute Gasteiger partial charge is 0.465 e. The van der Waals surface area contributed by atoms with Crippen molar-refractivity contribution in [2.45, 2.75) is 6.92 Å². The minimum atomic E-state index is -0.606. The van der Waals surface area contributed by atoms with Gasteiger partial charge in [-0.25, -0.2) is 4.98 Å². The predicted molar refractivity (Wildman–Crippen MR) is 67.9 cm³/mol. The fourth-order valence-corrected chi connectivity index (χ4v) is 2.28. The summed E-state index contributed by atoms with van der Waals surface area (Å²) < 4.78 is 4.71. The van der Waals surface area contributed by atoms with Gasteiger partial charge in [0.15, 0.2) is 0 Å². The number of rotatable bonds is 4. The highest BCUT2D eigenvalue weighted by atomic mass is 32.2. The van der Waals surface area contributed by atoms with Crippen LogP contribution in [0, 0.1) is 0 Å². The van der Waals surface area contributed by atoms with Gasteiger partial charge in [-0.05, 0) is 24.8 Å². The zero-order chi connectivity index (χ0) is 13.8. The molecule has 0 radical (unpaired) electrons. The van der Waals surface area contributed by atoms with Gasteiger partial charge in [0.2, 0.25) is 0 Å². The van der Waals surface area contributed by atoms with Crippen molar-refractivity contribution in [3.05, 3.63) is 23.1 Å². The summed E-state index contributed by atoms with van der Waals surface area (Å²) in [4.78, 5) is 42.7. The van der Waals surface area contributed by atoms with E-state index in [1.165, 1.54) is 12.4 Å². The molecule has 0 aromatic carbocycles. The van der Waals surface area contributed by atoms with Crippen molar-refractivity contribution < 1.29 is 19.1 Å². The summed E-state index contributed by atoms with van der Waals surface area (Å²) in [6.07, 6.45) is 4.56. The Bertz CT molecular complexity index is 538. The van der Waals surface area contributed by atoms with Crippen LogP contribution in [0.25, 0.3) is 6.08 Å². The number of carbonyl (C=O) groups excluding carboxylic acids is 3. The second-order valence-corrected chi connectivity index (χ2v) is 4.56. The lowest BCUT2D eigenvalue weighted by atomic mass is 10.3. The maximum atomic E-state index is 12.0. The van der Waals surface area contributed by atoms with Crippen LogP contribution < -0.4 is 0 Å². The highest BCUT2D eigenvalue weighted by Gasteiger charge is 2.36. The van der Waals surface area contributed by atoms with Gasteiger partial charge in [-0.3, -0.25) is 19.3 Å². The molecule has 1 aromatic heterocycles. The Morgan fingerprint density at radius 1 is 1.58 bits per heavy atom. The maximum absolute atomic E-state index is 12.0. The van der Waals surface area contributed by atoms with E-state index in [9.17, 15) is 14.4 Å². The molecule has 7 nitrogen and oxygen atoms in total. The number of nitrogens with one attached hydrogen (secondary N) is 1. The number of amides is 2. The monoisotopic (exact) mass is 281 g/mol. The quantitative estimate of drug-likeness (QED) is 0.654. The fraction of sp³-hybridized carbons (Fsp3) is 0.273. The first-order valence-corrected chi connectivity index (χ1v) is 6.33. The highest BCUT2D eigenvalue weighted by Crippen LogP contribution is 2.31. The number of imide groups is 1. The van der Waals surface area contributed by atoms with Crippen molar-refractivity contribution in [3.63, 3.8) is 0 Å². The van der Waals surface area contributed by atoms with E-state index in [0.717, 1.165) is 16.7 Å². The SMILES string of the molecule is CCOC(=O)CN1C(=O)S/C(=C\c2c[nH]cn2)C1=O. The Labute approximate surface area is 113 Å². The van der Waals surface area contributed by atoms with E-state index >= 15 is 0 Å². The molecule has 0 saturated carbocycles. The molecule has 8 heteroatoms. The normalized spacial score (nSPS) is 17.3. The molecule has 0 bridgehead atoms. The summed E-state index contributed by atoms with van der Waals surface area (Å²) in [6, 6.07) is 0. The van der Waals surface area contributed by atoms with Gasteiger partial charge in [-0.2, -0.15) is 0 Å². The molecule has 2 heterocycles. The molecular formula is C11H11N3O4S. The topological polar surface area (TPSA) is 92.4 Å². The molecule has 100 valence electrons. The van der Waals surface area contributed by atoms with E-state index in [1.807, 2.05) is 0 Å². The van der Waals surface area contributed by atoms with Crippen LogP contribution in [0.2, 0.25) is 0 Å². The number of carbonyl (C=O) groups is 3. The van der Waals surface area contributed by atoms with Gasteiger partial charge in [0, 0.05) is 6.20 Å². The van der Waals surface area contributed by atoms with E-state index in [-0.39, 0.29) is 18.1 Å². The molecule has 0 unspecified atom stereocenters. The van der Waals surface area contributed by atoms with Gasteiger partial charge in [0.1, 0.15) is 6.54 Å². The van der Waals surface area contributed by atoms with Crippen LogP contribution in [0.1, 0.15) is 12.6 Å². The van der Waals surface area contributed by atoms with Gasteiger partial charge < -0.3 is 9.72 Å². The maximum Gasteiger partial charge on any atom is 0.326 e. The molecule has 1 N–H and O–H groups in total. The van der Waals surface area contributed by atoms with Crippen molar-refractivity contribution in [1.82, 2.24) is 14.9 Å². The number of aromatic amines is 1. The van der Waals surface area contributed by atoms with Gasteiger partial charge >= 0.3 is 5.97 Å². The first kappa shape index (κ1) is 13.3. The number of aromatic nitrogens is 2. The van der Waals surface area contributed by atoms with Crippen LogP contribution in [0.3, 0.4) is 0 Å². The third kappa shape index (κ3) is 3.02. The second kappa shape index (κ2) is 5.70. The first-order chi connectivity index (χ1) is 9.11. The summed E-state index contributed by atoms with van der Waals surface area (Å²) in [5, 5.41) is -0.486. The van der Waals surface area contributed by atoms with Crippen LogP contribution in [0.4, 0.5) is 4.79 Å². The summed E-state index contributed by atoms with van der Waals surface area (Å²) in [5.74, 6) is -1.11. The number of esters is 1. The zero-order valence-corrected chi connectivity index (χ0v) is 10.9. The van der Waals surface area contributed by atoms with E-state index in [0.29, 0.717) is 5.69 Å². The standard InChI is InChI=1S/C11H11N3O4S/c1-2-18-9(15)5-14-10(16)8(19-11(14)17)3-7-4-12-6-13-7/h3-4,6H,2,5H2,1H3,(H,12,13)/b8-3-. The summed E-state index contributed by atoms with van der Waals surface area (Å²) in [6.45, 7) is 1.50. The average molecular weight is 281 g/mol. The van der Waals surface area contributed by atoms with Gasteiger partial charge in [0.25, 0.3) is 11.1 Å². The van der Waals surface area contributed by atoms with Crippen molar-refractivity contribution in [3.8, 4) is 0 Å². The number of nitrogens with zero attached hydrogens (tertiary/aromatic N) is 2. The number of thioether (sulfide) groups is 1. The Morgan fingerprint density at radius 3 is 3.00 bits per heavy atom. The third-order valence-corrected chi connectivity index (χ3v) is 3.17. The predicted octanol–water partition coefficient (Wildman–Crippen LogP) is 1.01. The minimum absolute atomic E-state index is 0.207. The molecule has 1 aliphatic heterocycles. The third-order valence-electron chi connectivity index (χ3n) is 2.26. The molecular weight excluding hydrogens is 270 g/mol. The molecule has 1 fully saturated rings. The minimum Gasteiger partial charge on any atom is -0.465 e. The van der Waals surface area contributed by atoms with Crippen molar-refractivity contribution >= 4 is 35.0 Å². The van der Waals surface area contributed by atoms with Crippen LogP contribution in [0.15, 0.2) is 17.4 Å². The van der Waals surface area contributed by atoms with E-state index in [2.05, 4.69) is 9.97 Å². The van der Waals surface area contributed by atoms with Crippen LogP contribution >= 0.6 is 11.8 Å². The molecule has 1 aromatic rings. The molecule has 0 atom stereocenters. The molecule has 1 saturated heterocycles. The molecule has 1 aliphatic rings.